The topological polar surface area (TPSA) is 121 Å². The van der Waals surface area contributed by atoms with Crippen molar-refractivity contribution in [2.75, 3.05) is 0 Å². The molecule has 0 aliphatic heterocycles. The molecular formula is C10H5N5O3. The molecule has 1 aliphatic rings. The summed E-state index contributed by atoms with van der Waals surface area (Å²) in [4.78, 5) is 40.8. The molecule has 0 aromatic carbocycles. The molecule has 1 aliphatic carbocycles. The van der Waals surface area contributed by atoms with E-state index in [0.29, 0.717) is 0 Å². The van der Waals surface area contributed by atoms with Gasteiger partial charge in [0.25, 0.3) is 5.56 Å². The predicted octanol–water partition coefficient (Wildman–Crippen LogP) is -0.867. The van der Waals surface area contributed by atoms with E-state index >= 15 is 0 Å². The Morgan fingerprint density at radius 1 is 1.06 bits per heavy atom. The van der Waals surface area contributed by atoms with Crippen LogP contribution in [0.15, 0.2) is 23.0 Å². The van der Waals surface area contributed by atoms with Crippen molar-refractivity contribution >= 4 is 28.3 Å². The highest BCUT2D eigenvalue weighted by atomic mass is 16.1. The van der Waals surface area contributed by atoms with Crippen LogP contribution in [0.25, 0.3) is 16.7 Å². The van der Waals surface area contributed by atoms with Crippen LogP contribution in [0.3, 0.4) is 0 Å². The van der Waals surface area contributed by atoms with E-state index in [4.69, 9.17) is 0 Å². The van der Waals surface area contributed by atoms with Crippen LogP contribution in [0.4, 0.5) is 0 Å². The zero-order valence-electron chi connectivity index (χ0n) is 8.80. The highest BCUT2D eigenvalue weighted by Crippen LogP contribution is 2.15. The first-order valence-corrected chi connectivity index (χ1v) is 4.94. The molecule has 88 valence electrons. The molecule has 2 aromatic heterocycles. The molecule has 0 fully saturated rings. The van der Waals surface area contributed by atoms with Crippen molar-refractivity contribution in [3.8, 4) is 0 Å². The summed E-state index contributed by atoms with van der Waals surface area (Å²) in [5, 5.41) is 9.54. The van der Waals surface area contributed by atoms with E-state index in [9.17, 15) is 14.4 Å². The number of rotatable bonds is 1. The predicted molar refractivity (Wildman–Crippen MR) is 59.4 cm³/mol. The Morgan fingerprint density at radius 3 is 2.72 bits per heavy atom. The number of aromatic nitrogens is 5. The van der Waals surface area contributed by atoms with Crippen LogP contribution in [-0.4, -0.2) is 36.9 Å². The molecule has 0 unspecified atom stereocenters. The Balaban J connectivity index is 2.23. The number of ketones is 2. The van der Waals surface area contributed by atoms with Crippen molar-refractivity contribution in [1.82, 2.24) is 25.4 Å². The first-order chi connectivity index (χ1) is 8.65. The molecule has 2 heterocycles. The lowest BCUT2D eigenvalue weighted by Crippen LogP contribution is -2.16. The Kier molecular flexibility index (Phi) is 2.03. The van der Waals surface area contributed by atoms with Gasteiger partial charge in [0.05, 0.1) is 5.57 Å². The SMILES string of the molecule is O=C1C=CC(=O)C(c2nc3n[nH]nc3c(=O)[nH]2)=C1. The number of carbonyl (C=O) groups excluding carboxylic acids is 2. The summed E-state index contributed by atoms with van der Waals surface area (Å²) < 4.78 is 0. The van der Waals surface area contributed by atoms with Crippen molar-refractivity contribution in [3.05, 3.63) is 34.4 Å². The van der Waals surface area contributed by atoms with Crippen LogP contribution in [0.1, 0.15) is 5.82 Å². The summed E-state index contributed by atoms with van der Waals surface area (Å²) in [6.07, 6.45) is 3.40. The number of carbonyl (C=O) groups is 2. The monoisotopic (exact) mass is 243 g/mol. The largest absolute Gasteiger partial charge is 0.304 e. The number of fused-ring (bicyclic) bond motifs is 1. The van der Waals surface area contributed by atoms with Crippen LogP contribution in [0.2, 0.25) is 0 Å². The molecule has 2 N–H and O–H groups in total. The standard InChI is InChI=1S/C10H5N5O3/c16-4-1-2-6(17)5(3-4)8-11-9-7(10(18)12-8)13-15-14-9/h1-3H,(H2,11,12,13,14,15,18). The molecule has 0 saturated carbocycles. The fraction of sp³-hybridized carbons (Fsp3) is 0. The third-order valence-corrected chi connectivity index (χ3v) is 2.40. The van der Waals surface area contributed by atoms with E-state index in [1.54, 1.807) is 0 Å². The van der Waals surface area contributed by atoms with Crippen LogP contribution < -0.4 is 5.56 Å². The summed E-state index contributed by atoms with van der Waals surface area (Å²) in [5.74, 6) is -0.739. The minimum atomic E-state index is -0.528. The van der Waals surface area contributed by atoms with E-state index in [1.807, 2.05) is 0 Å². The van der Waals surface area contributed by atoms with Gasteiger partial charge in [-0.15, -0.1) is 10.2 Å². The van der Waals surface area contributed by atoms with Gasteiger partial charge < -0.3 is 4.98 Å². The number of allylic oxidation sites excluding steroid dienone is 4. The van der Waals surface area contributed by atoms with E-state index < -0.39 is 11.3 Å². The third-order valence-electron chi connectivity index (χ3n) is 2.40. The van der Waals surface area contributed by atoms with Crippen LogP contribution in [-0.2, 0) is 9.59 Å². The molecule has 0 amide bonds. The van der Waals surface area contributed by atoms with Crippen LogP contribution >= 0.6 is 0 Å². The number of nitrogens with one attached hydrogen (secondary N) is 2. The zero-order valence-corrected chi connectivity index (χ0v) is 8.80. The molecular weight excluding hydrogens is 238 g/mol. The van der Waals surface area contributed by atoms with Gasteiger partial charge in [-0.05, 0) is 12.2 Å². The van der Waals surface area contributed by atoms with Gasteiger partial charge in [0.1, 0.15) is 5.82 Å². The molecule has 8 heteroatoms. The second kappa shape index (κ2) is 3.55. The summed E-state index contributed by atoms with van der Waals surface area (Å²) in [6.45, 7) is 0. The van der Waals surface area contributed by atoms with Gasteiger partial charge in [0.2, 0.25) is 5.65 Å². The van der Waals surface area contributed by atoms with Crippen molar-refractivity contribution < 1.29 is 9.59 Å². The smallest absolute Gasteiger partial charge is 0.281 e. The zero-order chi connectivity index (χ0) is 12.7. The summed E-state index contributed by atoms with van der Waals surface area (Å²) >= 11 is 0. The number of hydrogen-bond donors (Lipinski definition) is 2. The number of H-pyrrole nitrogens is 2. The number of aromatic amines is 2. The molecule has 0 atom stereocenters. The summed E-state index contributed by atoms with van der Waals surface area (Å²) in [5.41, 5.74) is -0.363. The second-order valence-corrected chi connectivity index (χ2v) is 3.57. The average Bonchev–Trinajstić information content (AvgIpc) is 2.81. The first kappa shape index (κ1) is 10.3. The highest BCUT2D eigenvalue weighted by molar-refractivity contribution is 6.33. The van der Waals surface area contributed by atoms with Crippen LogP contribution in [0.5, 0.6) is 0 Å². The van der Waals surface area contributed by atoms with Crippen LogP contribution in [0, 0.1) is 0 Å². The maximum Gasteiger partial charge on any atom is 0.281 e. The quantitative estimate of drug-likeness (QED) is 0.628. The maximum absolute atomic E-state index is 11.6. The molecule has 0 radical (unpaired) electrons. The minimum absolute atomic E-state index is 0.00380. The van der Waals surface area contributed by atoms with Crippen molar-refractivity contribution in [2.45, 2.75) is 0 Å². The Morgan fingerprint density at radius 2 is 1.89 bits per heavy atom. The normalized spacial score (nSPS) is 15.2. The van der Waals surface area contributed by atoms with E-state index in [2.05, 4.69) is 25.4 Å². The van der Waals surface area contributed by atoms with E-state index in [0.717, 1.165) is 18.2 Å². The molecule has 18 heavy (non-hydrogen) atoms. The van der Waals surface area contributed by atoms with E-state index in [1.165, 1.54) is 0 Å². The number of hydrogen-bond acceptors (Lipinski definition) is 6. The Labute approximate surface area is 98.4 Å². The molecule has 0 saturated heterocycles. The maximum atomic E-state index is 11.6. The fourth-order valence-electron chi connectivity index (χ4n) is 1.58. The summed E-state index contributed by atoms with van der Waals surface area (Å²) in [7, 11) is 0. The third kappa shape index (κ3) is 1.47. The lowest BCUT2D eigenvalue weighted by Gasteiger charge is -2.04. The highest BCUT2D eigenvalue weighted by Gasteiger charge is 2.19. The Hall–Kier alpha value is -2.90. The van der Waals surface area contributed by atoms with Gasteiger partial charge in [-0.3, -0.25) is 14.4 Å². The van der Waals surface area contributed by atoms with Gasteiger partial charge in [0, 0.05) is 6.08 Å². The molecule has 8 nitrogen and oxygen atoms in total. The van der Waals surface area contributed by atoms with Gasteiger partial charge >= 0.3 is 0 Å². The molecule has 3 rings (SSSR count). The second-order valence-electron chi connectivity index (χ2n) is 3.57. The van der Waals surface area contributed by atoms with Crippen molar-refractivity contribution in [1.29, 1.82) is 0 Å². The minimum Gasteiger partial charge on any atom is -0.304 e. The van der Waals surface area contributed by atoms with E-state index in [-0.39, 0.29) is 28.3 Å². The van der Waals surface area contributed by atoms with Gasteiger partial charge in [-0.25, -0.2) is 4.98 Å². The van der Waals surface area contributed by atoms with Gasteiger partial charge in [0.15, 0.2) is 17.1 Å². The number of nitrogens with zero attached hydrogens (tertiary/aromatic N) is 3. The molecule has 0 bridgehead atoms. The lowest BCUT2D eigenvalue weighted by atomic mass is 10.0. The Bertz CT molecular complexity index is 795. The summed E-state index contributed by atoms with van der Waals surface area (Å²) in [6, 6.07) is 0. The first-order valence-electron chi connectivity index (χ1n) is 4.94. The van der Waals surface area contributed by atoms with Crippen molar-refractivity contribution in [3.63, 3.8) is 0 Å². The van der Waals surface area contributed by atoms with Gasteiger partial charge in [-0.2, -0.15) is 5.21 Å². The molecule has 0 spiro atoms. The fourth-order valence-corrected chi connectivity index (χ4v) is 1.58. The van der Waals surface area contributed by atoms with Crippen molar-refractivity contribution in [2.24, 2.45) is 0 Å². The molecule has 2 aromatic rings. The lowest BCUT2D eigenvalue weighted by molar-refractivity contribution is -0.113. The average molecular weight is 243 g/mol. The van der Waals surface area contributed by atoms with Gasteiger partial charge in [-0.1, -0.05) is 0 Å².